The highest BCUT2D eigenvalue weighted by Crippen LogP contribution is 2.35. The Bertz CT molecular complexity index is 1130. The second-order valence-corrected chi connectivity index (χ2v) is 9.99. The summed E-state index contributed by atoms with van der Waals surface area (Å²) < 4.78 is 11.3. The quantitative estimate of drug-likeness (QED) is 0.195. The lowest BCUT2D eigenvalue weighted by atomic mass is 9.89. The fraction of sp³-hybridized carbons (Fsp3) is 0.379. The van der Waals surface area contributed by atoms with E-state index in [0.717, 1.165) is 43.1 Å². The minimum absolute atomic E-state index is 0.129. The number of benzene rings is 2. The Balaban J connectivity index is 1.35. The predicted octanol–water partition coefficient (Wildman–Crippen LogP) is 6.26. The first kappa shape index (κ1) is 25.1. The van der Waals surface area contributed by atoms with Crippen molar-refractivity contribution in [2.24, 2.45) is 0 Å². The van der Waals surface area contributed by atoms with E-state index < -0.39 is 0 Å². The van der Waals surface area contributed by atoms with Crippen molar-refractivity contribution in [2.75, 3.05) is 30.8 Å². The Morgan fingerprint density at radius 1 is 1.09 bits per heavy atom. The maximum Gasteiger partial charge on any atom is 0.306 e. The van der Waals surface area contributed by atoms with E-state index in [-0.39, 0.29) is 11.9 Å². The van der Waals surface area contributed by atoms with Crippen molar-refractivity contribution in [3.8, 4) is 5.75 Å². The van der Waals surface area contributed by atoms with Crippen molar-refractivity contribution >= 4 is 23.5 Å². The van der Waals surface area contributed by atoms with Gasteiger partial charge in [0.05, 0.1) is 19.6 Å². The zero-order chi connectivity index (χ0) is 24.5. The molecule has 5 nitrogen and oxygen atoms in total. The first-order valence-corrected chi connectivity index (χ1v) is 13.5. The van der Waals surface area contributed by atoms with Gasteiger partial charge in [-0.05, 0) is 84.4 Å². The van der Waals surface area contributed by atoms with Crippen LogP contribution in [0.4, 0.5) is 5.82 Å². The molecule has 1 atom stereocenters. The van der Waals surface area contributed by atoms with Crippen LogP contribution in [0.3, 0.4) is 0 Å². The van der Waals surface area contributed by atoms with E-state index in [1.54, 1.807) is 0 Å². The summed E-state index contributed by atoms with van der Waals surface area (Å²) in [6.07, 6.45) is 4.82. The van der Waals surface area contributed by atoms with Crippen molar-refractivity contribution in [3.05, 3.63) is 83.0 Å². The monoisotopic (exact) mass is 490 g/mol. The van der Waals surface area contributed by atoms with Gasteiger partial charge in [-0.3, -0.25) is 4.79 Å². The van der Waals surface area contributed by atoms with Crippen molar-refractivity contribution in [2.45, 2.75) is 50.3 Å². The van der Waals surface area contributed by atoms with Gasteiger partial charge in [-0.15, -0.1) is 11.8 Å². The molecule has 3 aromatic rings. The summed E-state index contributed by atoms with van der Waals surface area (Å²) >= 11 is 1.82. The molecule has 1 aliphatic carbocycles. The molecule has 6 heteroatoms. The zero-order valence-corrected chi connectivity index (χ0v) is 21.4. The van der Waals surface area contributed by atoms with Crippen molar-refractivity contribution in [3.63, 3.8) is 0 Å². The van der Waals surface area contributed by atoms with Crippen LogP contribution in [0.2, 0.25) is 0 Å². The lowest BCUT2D eigenvalue weighted by Crippen LogP contribution is -2.13. The maximum atomic E-state index is 12.3. The van der Waals surface area contributed by atoms with Crippen LogP contribution in [0.15, 0.2) is 65.7 Å². The Labute approximate surface area is 212 Å². The Morgan fingerprint density at radius 3 is 2.83 bits per heavy atom. The topological polar surface area (TPSA) is 60.5 Å². The van der Waals surface area contributed by atoms with Crippen molar-refractivity contribution in [1.82, 2.24) is 4.98 Å². The van der Waals surface area contributed by atoms with Gasteiger partial charge in [0.2, 0.25) is 0 Å². The maximum absolute atomic E-state index is 12.3. The number of pyridine rings is 1. The molecular weight excluding hydrogens is 456 g/mol. The first-order valence-electron chi connectivity index (χ1n) is 12.5. The minimum atomic E-state index is -0.129. The molecule has 0 saturated carbocycles. The highest BCUT2D eigenvalue weighted by atomic mass is 32.2. The molecule has 2 aromatic carbocycles. The number of aromatic nitrogens is 1. The third kappa shape index (κ3) is 7.01. The van der Waals surface area contributed by atoms with Crippen LogP contribution in [0.1, 0.15) is 54.9 Å². The highest BCUT2D eigenvalue weighted by molar-refractivity contribution is 7.99. The average Bonchev–Trinajstić information content (AvgIpc) is 3.00. The molecule has 0 spiro atoms. The Morgan fingerprint density at radius 2 is 1.97 bits per heavy atom. The second-order valence-electron chi connectivity index (χ2n) is 8.65. The van der Waals surface area contributed by atoms with Gasteiger partial charge in [-0.25, -0.2) is 4.98 Å². The van der Waals surface area contributed by atoms with Gasteiger partial charge in [0, 0.05) is 17.6 Å². The summed E-state index contributed by atoms with van der Waals surface area (Å²) in [6, 6.07) is 19.0. The Kier molecular flexibility index (Phi) is 9.07. The number of rotatable bonds is 11. The smallest absolute Gasteiger partial charge is 0.306 e. The van der Waals surface area contributed by atoms with E-state index in [1.165, 1.54) is 27.1 Å². The van der Waals surface area contributed by atoms with E-state index in [9.17, 15) is 4.79 Å². The molecule has 1 unspecified atom stereocenters. The number of thioether (sulfide) groups is 1. The molecule has 0 fully saturated rings. The van der Waals surface area contributed by atoms with Gasteiger partial charge in [0.1, 0.15) is 11.6 Å². The third-order valence-electron chi connectivity index (χ3n) is 6.18. The number of hydrogen-bond donors (Lipinski definition) is 1. The molecule has 0 radical (unpaired) electrons. The van der Waals surface area contributed by atoms with Gasteiger partial charge >= 0.3 is 5.97 Å². The third-order valence-corrected chi connectivity index (χ3v) is 7.05. The van der Waals surface area contributed by atoms with Crippen LogP contribution in [-0.2, 0) is 22.4 Å². The average molecular weight is 491 g/mol. The first-order chi connectivity index (χ1) is 17.2. The van der Waals surface area contributed by atoms with Crippen LogP contribution >= 0.6 is 11.8 Å². The normalized spacial score (nSPS) is 14.4. The summed E-state index contributed by atoms with van der Waals surface area (Å²) in [4.78, 5) is 17.9. The number of ether oxygens (including phenoxy) is 2. The van der Waals surface area contributed by atoms with E-state index in [2.05, 4.69) is 65.8 Å². The molecule has 0 aliphatic heterocycles. The summed E-state index contributed by atoms with van der Waals surface area (Å²) in [5, 5.41) is 3.39. The number of carbonyl (C=O) groups excluding carboxylic acids is 1. The lowest BCUT2D eigenvalue weighted by Gasteiger charge is -2.17. The highest BCUT2D eigenvalue weighted by Gasteiger charge is 2.24. The van der Waals surface area contributed by atoms with Crippen LogP contribution in [-0.4, -0.2) is 36.5 Å². The molecule has 0 amide bonds. The van der Waals surface area contributed by atoms with Crippen molar-refractivity contribution in [1.29, 1.82) is 0 Å². The van der Waals surface area contributed by atoms with E-state index in [4.69, 9.17) is 9.47 Å². The molecule has 1 N–H and O–H groups in total. The lowest BCUT2D eigenvalue weighted by molar-refractivity contribution is -0.143. The fourth-order valence-corrected chi connectivity index (χ4v) is 5.26. The van der Waals surface area contributed by atoms with Crippen LogP contribution < -0.4 is 10.1 Å². The summed E-state index contributed by atoms with van der Waals surface area (Å²) in [5.41, 5.74) is 5.08. The zero-order valence-electron chi connectivity index (χ0n) is 20.6. The molecule has 35 heavy (non-hydrogen) atoms. The van der Waals surface area contributed by atoms with Gasteiger partial charge in [0.25, 0.3) is 0 Å². The second kappa shape index (κ2) is 12.6. The van der Waals surface area contributed by atoms with Crippen LogP contribution in [0.25, 0.3) is 0 Å². The molecule has 184 valence electrons. The molecule has 1 aromatic heterocycles. The van der Waals surface area contributed by atoms with E-state index in [1.807, 2.05) is 30.9 Å². The summed E-state index contributed by atoms with van der Waals surface area (Å²) in [5.74, 6) is 2.85. The summed E-state index contributed by atoms with van der Waals surface area (Å²) in [6.45, 7) is 5.87. The van der Waals surface area contributed by atoms with Gasteiger partial charge in [-0.1, -0.05) is 37.3 Å². The van der Waals surface area contributed by atoms with Gasteiger partial charge in [0.15, 0.2) is 0 Å². The number of nitrogens with one attached hydrogen (secondary N) is 1. The van der Waals surface area contributed by atoms with Crippen LogP contribution in [0, 0.1) is 0 Å². The molecule has 4 rings (SSSR count). The number of anilines is 1. The fourth-order valence-electron chi connectivity index (χ4n) is 4.58. The van der Waals surface area contributed by atoms with Gasteiger partial charge in [-0.2, -0.15) is 0 Å². The minimum Gasteiger partial charge on any atom is -0.494 e. The van der Waals surface area contributed by atoms with Crippen LogP contribution in [0.5, 0.6) is 5.75 Å². The molecule has 0 saturated heterocycles. The van der Waals surface area contributed by atoms with Crippen molar-refractivity contribution < 1.29 is 14.3 Å². The van der Waals surface area contributed by atoms with E-state index in [0.29, 0.717) is 19.6 Å². The molecule has 0 bridgehead atoms. The number of fused-ring (bicyclic) bond motifs is 2. The standard InChI is InChI=1S/C29H34N2O3S/c1-3-33-29(32)19-24-16-21-10-11-25(18-23(21)17-22-8-5-6-9-27(22)24)34-15-7-13-30-28-20-26(35-4-2)12-14-31-28/h5-6,8-12,14,18,20,24H,3-4,7,13,15-17,19H2,1-2H3,(H,30,31). The number of carbonyl (C=O) groups is 1. The molecule has 1 aliphatic rings. The number of nitrogens with zero attached hydrogens (tertiary/aromatic N) is 1. The van der Waals surface area contributed by atoms with Gasteiger partial charge < -0.3 is 14.8 Å². The molecule has 1 heterocycles. The van der Waals surface area contributed by atoms with E-state index >= 15 is 0 Å². The number of hydrogen-bond acceptors (Lipinski definition) is 6. The SMILES string of the molecule is CCOC(=O)CC1Cc2ccc(OCCCNc3cc(SCC)ccn3)cc2Cc2ccccc21. The predicted molar refractivity (Wildman–Crippen MR) is 143 cm³/mol. The number of esters is 1. The molecular formula is C29H34N2O3S. The summed E-state index contributed by atoms with van der Waals surface area (Å²) in [7, 11) is 0. The Hall–Kier alpha value is -2.99. The largest absolute Gasteiger partial charge is 0.494 e.